The van der Waals surface area contributed by atoms with Gasteiger partial charge in [0.1, 0.15) is 0 Å². The molecule has 0 bridgehead atoms. The second kappa shape index (κ2) is 3.25. The Bertz CT molecular complexity index is 412. The highest BCUT2D eigenvalue weighted by molar-refractivity contribution is 5.94. The second-order valence-corrected chi connectivity index (χ2v) is 3.38. The van der Waals surface area contributed by atoms with Gasteiger partial charge in [0, 0.05) is 12.1 Å². The second-order valence-electron chi connectivity index (χ2n) is 3.38. The maximum atomic E-state index is 12.6. The monoisotopic (exact) mass is 215 g/mol. The molecule has 0 fully saturated rings. The Morgan fingerprint density at radius 2 is 1.93 bits per heavy atom. The minimum absolute atomic E-state index is 0.111. The largest absolute Gasteiger partial charge is 0.416 e. The van der Waals surface area contributed by atoms with Crippen molar-refractivity contribution in [1.29, 1.82) is 0 Å². The summed E-state index contributed by atoms with van der Waals surface area (Å²) in [6.07, 6.45) is -4.09. The average molecular weight is 215 g/mol. The molecule has 1 amide bonds. The molecule has 1 N–H and O–H groups in total. The van der Waals surface area contributed by atoms with Crippen LogP contribution in [0.25, 0.3) is 0 Å². The van der Waals surface area contributed by atoms with E-state index in [2.05, 4.69) is 5.32 Å². The van der Waals surface area contributed by atoms with Gasteiger partial charge in [0.25, 0.3) is 0 Å². The highest BCUT2D eigenvalue weighted by atomic mass is 19.4. The highest BCUT2D eigenvalue weighted by Gasteiger charge is 2.35. The molecule has 0 saturated heterocycles. The van der Waals surface area contributed by atoms with Gasteiger partial charge in [-0.1, -0.05) is 6.07 Å². The molecule has 0 unspecified atom stereocenters. The summed E-state index contributed by atoms with van der Waals surface area (Å²) < 4.78 is 37.7. The van der Waals surface area contributed by atoms with Crippen LogP contribution in [0.2, 0.25) is 0 Å². The van der Waals surface area contributed by atoms with Gasteiger partial charge in [0.15, 0.2) is 0 Å². The van der Waals surface area contributed by atoms with Crippen molar-refractivity contribution in [2.24, 2.45) is 0 Å². The molecule has 2 nitrogen and oxygen atoms in total. The zero-order valence-corrected chi connectivity index (χ0v) is 7.69. The molecule has 0 saturated carbocycles. The van der Waals surface area contributed by atoms with E-state index in [0.29, 0.717) is 0 Å². The zero-order valence-electron chi connectivity index (χ0n) is 7.69. The Balaban J connectivity index is 2.51. The van der Waals surface area contributed by atoms with Gasteiger partial charge in [-0.2, -0.15) is 13.2 Å². The number of carbonyl (C=O) groups excluding carboxylic acids is 1. The van der Waals surface area contributed by atoms with E-state index < -0.39 is 11.7 Å². The van der Waals surface area contributed by atoms with Crippen molar-refractivity contribution in [3.63, 3.8) is 0 Å². The standard InChI is InChI=1S/C10H8F3NO/c11-10(12,13)7-2-1-3-8-6(7)4-5-9(15)14-8/h1-3H,4-5H2,(H,14,15). The van der Waals surface area contributed by atoms with E-state index >= 15 is 0 Å². The Kier molecular flexibility index (Phi) is 2.17. The van der Waals surface area contributed by atoms with E-state index in [-0.39, 0.29) is 30.0 Å². The molecular weight excluding hydrogens is 207 g/mol. The first-order valence-electron chi connectivity index (χ1n) is 4.47. The summed E-state index contributed by atoms with van der Waals surface area (Å²) in [6.45, 7) is 0. The predicted octanol–water partition coefficient (Wildman–Crippen LogP) is 2.59. The SMILES string of the molecule is O=C1CCc2c(cccc2C(F)(F)F)N1. The van der Waals surface area contributed by atoms with Gasteiger partial charge in [0.2, 0.25) is 5.91 Å². The fourth-order valence-electron chi connectivity index (χ4n) is 1.69. The van der Waals surface area contributed by atoms with Crippen LogP contribution < -0.4 is 5.32 Å². The number of carbonyl (C=O) groups is 1. The van der Waals surface area contributed by atoms with Crippen molar-refractivity contribution in [3.8, 4) is 0 Å². The zero-order chi connectivity index (χ0) is 11.1. The number of rotatable bonds is 0. The third-order valence-corrected chi connectivity index (χ3v) is 2.36. The summed E-state index contributed by atoms with van der Waals surface area (Å²) >= 11 is 0. The topological polar surface area (TPSA) is 29.1 Å². The van der Waals surface area contributed by atoms with Gasteiger partial charge < -0.3 is 5.32 Å². The minimum atomic E-state index is -4.35. The first-order valence-corrected chi connectivity index (χ1v) is 4.47. The van der Waals surface area contributed by atoms with Crippen LogP contribution in [0.3, 0.4) is 0 Å². The summed E-state index contributed by atoms with van der Waals surface area (Å²) in [5, 5.41) is 2.43. The summed E-state index contributed by atoms with van der Waals surface area (Å²) in [5.74, 6) is -0.234. The summed E-state index contributed by atoms with van der Waals surface area (Å²) in [7, 11) is 0. The molecule has 1 aromatic rings. The third kappa shape index (κ3) is 1.82. The predicted molar refractivity (Wildman–Crippen MR) is 48.4 cm³/mol. The Hall–Kier alpha value is -1.52. The number of hydrogen-bond acceptors (Lipinski definition) is 1. The molecule has 2 rings (SSSR count). The molecule has 1 aromatic carbocycles. The van der Waals surface area contributed by atoms with Crippen LogP contribution in [0, 0.1) is 0 Å². The fraction of sp³-hybridized carbons (Fsp3) is 0.300. The number of alkyl halides is 3. The molecule has 1 heterocycles. The fourth-order valence-corrected chi connectivity index (χ4v) is 1.69. The summed E-state index contributed by atoms with van der Waals surface area (Å²) in [5.41, 5.74) is -0.189. The van der Waals surface area contributed by atoms with Crippen LogP contribution >= 0.6 is 0 Å². The Morgan fingerprint density at radius 3 is 2.60 bits per heavy atom. The molecule has 1 aliphatic rings. The average Bonchev–Trinajstić information content (AvgIpc) is 2.15. The highest BCUT2D eigenvalue weighted by Crippen LogP contribution is 2.37. The molecule has 0 radical (unpaired) electrons. The molecule has 0 spiro atoms. The Labute approximate surface area is 84.1 Å². The first kappa shape index (κ1) is 10.0. The molecule has 80 valence electrons. The molecule has 0 aromatic heterocycles. The molecule has 15 heavy (non-hydrogen) atoms. The molecule has 0 aliphatic carbocycles. The number of hydrogen-bond donors (Lipinski definition) is 1. The number of nitrogens with one attached hydrogen (secondary N) is 1. The van der Waals surface area contributed by atoms with Crippen molar-refractivity contribution in [2.45, 2.75) is 19.0 Å². The van der Waals surface area contributed by atoms with Crippen LogP contribution in [0.1, 0.15) is 17.5 Å². The van der Waals surface area contributed by atoms with Crippen molar-refractivity contribution in [3.05, 3.63) is 29.3 Å². The number of fused-ring (bicyclic) bond motifs is 1. The third-order valence-electron chi connectivity index (χ3n) is 2.36. The maximum Gasteiger partial charge on any atom is 0.416 e. The Morgan fingerprint density at radius 1 is 1.20 bits per heavy atom. The van der Waals surface area contributed by atoms with E-state index in [9.17, 15) is 18.0 Å². The first-order chi connectivity index (χ1) is 6.98. The van der Waals surface area contributed by atoms with Crippen LogP contribution in [-0.2, 0) is 17.4 Å². The van der Waals surface area contributed by atoms with E-state index in [1.807, 2.05) is 0 Å². The van der Waals surface area contributed by atoms with Crippen LogP contribution in [0.4, 0.5) is 18.9 Å². The van der Waals surface area contributed by atoms with E-state index in [1.54, 1.807) is 0 Å². The lowest BCUT2D eigenvalue weighted by Gasteiger charge is -2.20. The van der Waals surface area contributed by atoms with Gasteiger partial charge in [0.05, 0.1) is 5.56 Å². The number of anilines is 1. The van der Waals surface area contributed by atoms with Crippen LogP contribution in [-0.4, -0.2) is 5.91 Å². The molecule has 0 atom stereocenters. The molecule has 1 aliphatic heterocycles. The van der Waals surface area contributed by atoms with Gasteiger partial charge in [-0.15, -0.1) is 0 Å². The smallest absolute Gasteiger partial charge is 0.326 e. The van der Waals surface area contributed by atoms with Crippen molar-refractivity contribution >= 4 is 11.6 Å². The van der Waals surface area contributed by atoms with Gasteiger partial charge in [-0.3, -0.25) is 4.79 Å². The lowest BCUT2D eigenvalue weighted by molar-refractivity contribution is -0.138. The molecular formula is C10H8F3NO. The number of benzene rings is 1. The van der Waals surface area contributed by atoms with Gasteiger partial charge in [-0.05, 0) is 24.1 Å². The minimum Gasteiger partial charge on any atom is -0.326 e. The summed E-state index contributed by atoms with van der Waals surface area (Å²) in [6, 6.07) is 3.82. The maximum absolute atomic E-state index is 12.6. The van der Waals surface area contributed by atoms with Crippen molar-refractivity contribution in [2.75, 3.05) is 5.32 Å². The van der Waals surface area contributed by atoms with Crippen LogP contribution in [0.15, 0.2) is 18.2 Å². The van der Waals surface area contributed by atoms with Gasteiger partial charge in [-0.25, -0.2) is 0 Å². The number of amides is 1. The lowest BCUT2D eigenvalue weighted by atomic mass is 9.97. The van der Waals surface area contributed by atoms with E-state index in [1.165, 1.54) is 12.1 Å². The van der Waals surface area contributed by atoms with Crippen molar-refractivity contribution < 1.29 is 18.0 Å². The van der Waals surface area contributed by atoms with Crippen LogP contribution in [0.5, 0.6) is 0 Å². The number of halogens is 3. The lowest BCUT2D eigenvalue weighted by Crippen LogP contribution is -2.22. The quantitative estimate of drug-likeness (QED) is 0.708. The normalized spacial score (nSPS) is 15.8. The van der Waals surface area contributed by atoms with E-state index in [4.69, 9.17) is 0 Å². The van der Waals surface area contributed by atoms with Gasteiger partial charge >= 0.3 is 6.18 Å². The van der Waals surface area contributed by atoms with Crippen molar-refractivity contribution in [1.82, 2.24) is 0 Å². The summed E-state index contributed by atoms with van der Waals surface area (Å²) in [4.78, 5) is 11.0. The van der Waals surface area contributed by atoms with E-state index in [0.717, 1.165) is 6.07 Å². The molecule has 5 heteroatoms.